The molecule has 1 aromatic carbocycles. The number of rotatable bonds is 4. The van der Waals surface area contributed by atoms with E-state index in [1.165, 1.54) is 11.1 Å². The zero-order chi connectivity index (χ0) is 16.1. The van der Waals surface area contributed by atoms with E-state index in [-0.39, 0.29) is 37.2 Å². The smallest absolute Gasteiger partial charge is 0.236 e. The third kappa shape index (κ3) is 7.59. The quantitative estimate of drug-likeness (QED) is 0.798. The van der Waals surface area contributed by atoms with Crippen molar-refractivity contribution in [2.45, 2.75) is 13.5 Å². The summed E-state index contributed by atoms with van der Waals surface area (Å²) in [4.78, 5) is 19.2. The molecule has 0 atom stereocenters. The molecule has 1 N–H and O–H groups in total. The largest absolute Gasteiger partial charge is 0.339 e. The van der Waals surface area contributed by atoms with Crippen molar-refractivity contribution < 1.29 is 4.79 Å². The van der Waals surface area contributed by atoms with Crippen molar-refractivity contribution in [1.82, 2.24) is 20.0 Å². The maximum atomic E-state index is 12.4. The lowest BCUT2D eigenvalue weighted by Gasteiger charge is -2.36. The maximum absolute atomic E-state index is 12.4. The number of amides is 1. The number of hydrogen-bond donors (Lipinski definition) is 1. The molecule has 5 nitrogen and oxygen atoms in total. The number of nitrogens with zero attached hydrogens (tertiary/aromatic N) is 3. The molecule has 2 heterocycles. The molecule has 2 aliphatic heterocycles. The minimum atomic E-state index is 0. The molecule has 3 rings (SSSR count). The van der Waals surface area contributed by atoms with Gasteiger partial charge in [0.05, 0.1) is 6.54 Å². The van der Waals surface area contributed by atoms with Gasteiger partial charge >= 0.3 is 0 Å². The van der Waals surface area contributed by atoms with Crippen LogP contribution >= 0.6 is 37.2 Å². The molecule has 0 spiro atoms. The van der Waals surface area contributed by atoms with Gasteiger partial charge in [-0.25, -0.2) is 0 Å². The van der Waals surface area contributed by atoms with Crippen molar-refractivity contribution in [3.8, 4) is 0 Å². The Morgan fingerprint density at radius 3 is 2.23 bits per heavy atom. The van der Waals surface area contributed by atoms with Gasteiger partial charge in [-0.15, -0.1) is 37.2 Å². The fourth-order valence-electron chi connectivity index (χ4n) is 3.38. The highest BCUT2D eigenvalue weighted by Gasteiger charge is 2.23. The number of piperazine rings is 2. The summed E-state index contributed by atoms with van der Waals surface area (Å²) in [7, 11) is 0. The van der Waals surface area contributed by atoms with Crippen LogP contribution in [0.5, 0.6) is 0 Å². The minimum absolute atomic E-state index is 0. The van der Waals surface area contributed by atoms with Crippen molar-refractivity contribution in [2.75, 3.05) is 58.9 Å². The molecule has 2 aliphatic rings. The van der Waals surface area contributed by atoms with Crippen molar-refractivity contribution in [3.63, 3.8) is 0 Å². The summed E-state index contributed by atoms with van der Waals surface area (Å²) in [5.41, 5.74) is 2.68. The molecule has 26 heavy (non-hydrogen) atoms. The second-order valence-corrected chi connectivity index (χ2v) is 6.67. The van der Waals surface area contributed by atoms with Gasteiger partial charge in [-0.1, -0.05) is 29.8 Å². The summed E-state index contributed by atoms with van der Waals surface area (Å²) >= 11 is 0. The number of benzene rings is 1. The first kappa shape index (κ1) is 25.4. The Balaban J connectivity index is 0.00000208. The predicted octanol–water partition coefficient (Wildman–Crippen LogP) is 1.81. The van der Waals surface area contributed by atoms with Crippen LogP contribution in [0.4, 0.5) is 0 Å². The van der Waals surface area contributed by atoms with E-state index >= 15 is 0 Å². The number of carbonyl (C=O) groups excluding carboxylic acids is 1. The Hall–Kier alpha value is -0.560. The molecule has 0 radical (unpaired) electrons. The van der Waals surface area contributed by atoms with Crippen molar-refractivity contribution in [1.29, 1.82) is 0 Å². The summed E-state index contributed by atoms with van der Waals surface area (Å²) in [6.07, 6.45) is 0. The zero-order valence-corrected chi connectivity index (χ0v) is 17.8. The Labute approximate surface area is 175 Å². The summed E-state index contributed by atoms with van der Waals surface area (Å²) in [6.45, 7) is 11.3. The second-order valence-electron chi connectivity index (χ2n) is 6.67. The molecule has 2 saturated heterocycles. The Kier molecular flexibility index (Phi) is 12.5. The standard InChI is InChI=1S/C18H28N4O.3ClH/c1-16-3-2-4-17(13-16)14-21-9-11-22(12-10-21)18(23)15-20-7-5-19-6-8-20;;;/h2-4,13,19H,5-12,14-15H2,1H3;3*1H. The van der Waals surface area contributed by atoms with Crippen LogP contribution in [0.25, 0.3) is 0 Å². The molecule has 2 fully saturated rings. The molecule has 1 amide bonds. The van der Waals surface area contributed by atoms with E-state index in [0.29, 0.717) is 12.5 Å². The number of hydrogen-bond acceptors (Lipinski definition) is 4. The van der Waals surface area contributed by atoms with Crippen LogP contribution in [-0.4, -0.2) is 79.5 Å². The summed E-state index contributed by atoms with van der Waals surface area (Å²) < 4.78 is 0. The van der Waals surface area contributed by atoms with Gasteiger partial charge in [-0.05, 0) is 12.5 Å². The first-order valence-electron chi connectivity index (χ1n) is 8.69. The first-order valence-corrected chi connectivity index (χ1v) is 8.69. The lowest BCUT2D eigenvalue weighted by molar-refractivity contribution is -0.134. The Morgan fingerprint density at radius 2 is 1.62 bits per heavy atom. The van der Waals surface area contributed by atoms with Crippen LogP contribution in [0, 0.1) is 6.92 Å². The summed E-state index contributed by atoms with van der Waals surface area (Å²) in [5, 5.41) is 3.33. The van der Waals surface area contributed by atoms with Gasteiger partial charge in [-0.2, -0.15) is 0 Å². The van der Waals surface area contributed by atoms with Gasteiger partial charge < -0.3 is 10.2 Å². The number of aryl methyl sites for hydroxylation is 1. The average molecular weight is 426 g/mol. The van der Waals surface area contributed by atoms with Crippen LogP contribution in [0.3, 0.4) is 0 Å². The van der Waals surface area contributed by atoms with Gasteiger partial charge in [0.1, 0.15) is 0 Å². The van der Waals surface area contributed by atoms with Gasteiger partial charge in [0.25, 0.3) is 0 Å². The van der Waals surface area contributed by atoms with Gasteiger partial charge in [0, 0.05) is 58.9 Å². The molecule has 0 aromatic heterocycles. The van der Waals surface area contributed by atoms with Crippen molar-refractivity contribution in [3.05, 3.63) is 35.4 Å². The fraction of sp³-hybridized carbons (Fsp3) is 0.611. The van der Waals surface area contributed by atoms with Crippen LogP contribution in [0.1, 0.15) is 11.1 Å². The van der Waals surface area contributed by atoms with E-state index in [9.17, 15) is 4.79 Å². The van der Waals surface area contributed by atoms with Crippen LogP contribution in [-0.2, 0) is 11.3 Å². The lowest BCUT2D eigenvalue weighted by Crippen LogP contribution is -2.53. The van der Waals surface area contributed by atoms with E-state index in [2.05, 4.69) is 46.3 Å². The molecule has 0 aliphatic carbocycles. The monoisotopic (exact) mass is 424 g/mol. The van der Waals surface area contributed by atoms with Gasteiger partial charge in [0.15, 0.2) is 0 Å². The van der Waals surface area contributed by atoms with E-state index in [1.807, 2.05) is 4.90 Å². The van der Waals surface area contributed by atoms with Crippen LogP contribution in [0.2, 0.25) is 0 Å². The summed E-state index contributed by atoms with van der Waals surface area (Å²) in [6, 6.07) is 8.70. The number of nitrogens with one attached hydrogen (secondary N) is 1. The molecular weight excluding hydrogens is 395 g/mol. The fourth-order valence-corrected chi connectivity index (χ4v) is 3.38. The third-order valence-electron chi connectivity index (χ3n) is 4.78. The average Bonchev–Trinajstić information content (AvgIpc) is 2.56. The third-order valence-corrected chi connectivity index (χ3v) is 4.78. The molecule has 0 saturated carbocycles. The summed E-state index contributed by atoms with van der Waals surface area (Å²) in [5.74, 6) is 0.294. The predicted molar refractivity (Wildman–Crippen MR) is 114 cm³/mol. The lowest BCUT2D eigenvalue weighted by atomic mass is 10.1. The molecule has 8 heteroatoms. The molecule has 0 bridgehead atoms. The van der Waals surface area contributed by atoms with E-state index in [4.69, 9.17) is 0 Å². The molecule has 150 valence electrons. The molecule has 1 aromatic rings. The van der Waals surface area contributed by atoms with Gasteiger partial charge in [0.2, 0.25) is 5.91 Å². The number of carbonyl (C=O) groups is 1. The topological polar surface area (TPSA) is 38.8 Å². The highest BCUT2D eigenvalue weighted by molar-refractivity contribution is 5.86. The second kappa shape index (κ2) is 12.8. The Morgan fingerprint density at radius 1 is 0.962 bits per heavy atom. The highest BCUT2D eigenvalue weighted by atomic mass is 35.5. The number of halogens is 3. The SMILES string of the molecule is Cc1cccc(CN2CCN(C(=O)CN3CCNCC3)CC2)c1.Cl.Cl.Cl. The van der Waals surface area contributed by atoms with Crippen LogP contribution < -0.4 is 5.32 Å². The van der Waals surface area contributed by atoms with Crippen molar-refractivity contribution >= 4 is 43.1 Å². The van der Waals surface area contributed by atoms with Gasteiger partial charge in [-0.3, -0.25) is 14.6 Å². The molecular formula is C18H31Cl3N4O. The highest BCUT2D eigenvalue weighted by Crippen LogP contribution is 2.11. The normalized spacial score (nSPS) is 18.3. The van der Waals surface area contributed by atoms with E-state index < -0.39 is 0 Å². The molecule has 0 unspecified atom stereocenters. The van der Waals surface area contributed by atoms with Crippen LogP contribution in [0.15, 0.2) is 24.3 Å². The van der Waals surface area contributed by atoms with E-state index in [0.717, 1.165) is 58.9 Å². The Bertz CT molecular complexity index is 533. The van der Waals surface area contributed by atoms with Crippen molar-refractivity contribution in [2.24, 2.45) is 0 Å². The first-order chi connectivity index (χ1) is 11.2. The zero-order valence-electron chi connectivity index (χ0n) is 15.4. The minimum Gasteiger partial charge on any atom is -0.339 e. The van der Waals surface area contributed by atoms with E-state index in [1.54, 1.807) is 0 Å². The maximum Gasteiger partial charge on any atom is 0.236 e.